The maximum absolute atomic E-state index is 12.5. The molecule has 1 aromatic carbocycles. The number of nitrogens with zero attached hydrogens (tertiary/aromatic N) is 4. The maximum Gasteiger partial charge on any atom is 0.238 e. The van der Waals surface area contributed by atoms with E-state index in [0.29, 0.717) is 22.3 Å². The lowest BCUT2D eigenvalue weighted by molar-refractivity contribution is -0.115. The van der Waals surface area contributed by atoms with Crippen LogP contribution in [-0.4, -0.2) is 25.9 Å². The number of amides is 1. The van der Waals surface area contributed by atoms with Gasteiger partial charge in [0.25, 0.3) is 0 Å². The van der Waals surface area contributed by atoms with Gasteiger partial charge in [-0.15, -0.1) is 21.5 Å². The van der Waals surface area contributed by atoms with Crippen LogP contribution in [0.15, 0.2) is 46.9 Å². The molecule has 1 atom stereocenters. The normalized spacial score (nSPS) is 11.7. The molecule has 0 saturated carbocycles. The Morgan fingerprint density at radius 3 is 2.85 bits per heavy atom. The predicted octanol–water partition coefficient (Wildman–Crippen LogP) is 3.69. The van der Waals surface area contributed by atoms with E-state index in [0.717, 1.165) is 11.4 Å². The summed E-state index contributed by atoms with van der Waals surface area (Å²) in [6.45, 7) is 4.37. The number of thiophene rings is 1. The quantitative estimate of drug-likeness (QED) is 0.656. The molecule has 1 amide bonds. The molecule has 0 fully saturated rings. The molecule has 0 saturated heterocycles. The minimum atomic E-state index is -0.373. The zero-order chi connectivity index (χ0) is 18.5. The van der Waals surface area contributed by atoms with Crippen LogP contribution in [0, 0.1) is 18.3 Å². The highest BCUT2D eigenvalue weighted by Gasteiger charge is 2.20. The van der Waals surface area contributed by atoms with E-state index >= 15 is 0 Å². The van der Waals surface area contributed by atoms with Gasteiger partial charge in [0.05, 0.1) is 17.4 Å². The number of nitrogens with one attached hydrogen (secondary N) is 1. The first-order chi connectivity index (χ1) is 12.6. The Hall–Kier alpha value is -2.63. The van der Waals surface area contributed by atoms with Crippen LogP contribution in [0.25, 0.3) is 0 Å². The van der Waals surface area contributed by atoms with Gasteiger partial charge in [-0.3, -0.25) is 4.79 Å². The van der Waals surface area contributed by atoms with E-state index in [1.54, 1.807) is 11.4 Å². The third-order valence-corrected chi connectivity index (χ3v) is 5.67. The highest BCUT2D eigenvalue weighted by atomic mass is 32.2. The minimum absolute atomic E-state index is 0.166. The standard InChI is InChI=1S/C18H17N5OS2/c1-12(16(24)20-17-15(10-19)8-9-25-17)26-18-22-21-13(2)23(18)11-14-6-4-3-5-7-14/h3-9,12H,11H2,1-2H3,(H,20,24)/t12-/m1/s1. The van der Waals surface area contributed by atoms with Crippen LogP contribution in [0.1, 0.15) is 23.9 Å². The summed E-state index contributed by atoms with van der Waals surface area (Å²) >= 11 is 2.69. The summed E-state index contributed by atoms with van der Waals surface area (Å²) in [5.41, 5.74) is 1.62. The Balaban J connectivity index is 1.70. The van der Waals surface area contributed by atoms with Crippen LogP contribution >= 0.6 is 23.1 Å². The lowest BCUT2D eigenvalue weighted by atomic mass is 10.2. The molecule has 132 valence electrons. The number of thioether (sulfide) groups is 1. The topological polar surface area (TPSA) is 83.6 Å². The summed E-state index contributed by atoms with van der Waals surface area (Å²) in [6.07, 6.45) is 0. The Morgan fingerprint density at radius 2 is 2.12 bits per heavy atom. The van der Waals surface area contributed by atoms with Crippen LogP contribution in [0.2, 0.25) is 0 Å². The third-order valence-electron chi connectivity index (χ3n) is 3.76. The van der Waals surface area contributed by atoms with Crippen molar-refractivity contribution in [3.63, 3.8) is 0 Å². The molecule has 0 spiro atoms. The first-order valence-electron chi connectivity index (χ1n) is 7.97. The van der Waals surface area contributed by atoms with Gasteiger partial charge in [0.1, 0.15) is 16.9 Å². The van der Waals surface area contributed by atoms with Crippen molar-refractivity contribution >= 4 is 34.0 Å². The molecular weight excluding hydrogens is 366 g/mol. The van der Waals surface area contributed by atoms with Crippen molar-refractivity contribution in [1.82, 2.24) is 14.8 Å². The number of carbonyl (C=O) groups is 1. The largest absolute Gasteiger partial charge is 0.316 e. The smallest absolute Gasteiger partial charge is 0.238 e. The van der Waals surface area contributed by atoms with Gasteiger partial charge >= 0.3 is 0 Å². The van der Waals surface area contributed by atoms with E-state index < -0.39 is 0 Å². The molecule has 2 heterocycles. The second-order valence-electron chi connectivity index (χ2n) is 5.63. The number of aromatic nitrogens is 3. The monoisotopic (exact) mass is 383 g/mol. The molecule has 6 nitrogen and oxygen atoms in total. The molecule has 0 aliphatic rings. The molecule has 0 aliphatic carbocycles. The summed E-state index contributed by atoms with van der Waals surface area (Å²) in [5, 5.41) is 22.9. The Morgan fingerprint density at radius 1 is 1.35 bits per heavy atom. The number of anilines is 1. The molecule has 0 unspecified atom stereocenters. The third kappa shape index (κ3) is 4.12. The van der Waals surface area contributed by atoms with Gasteiger partial charge in [-0.25, -0.2) is 0 Å². The zero-order valence-corrected chi connectivity index (χ0v) is 16.0. The van der Waals surface area contributed by atoms with Crippen LogP contribution in [-0.2, 0) is 11.3 Å². The zero-order valence-electron chi connectivity index (χ0n) is 14.3. The van der Waals surface area contributed by atoms with E-state index in [1.165, 1.54) is 23.1 Å². The molecule has 26 heavy (non-hydrogen) atoms. The Kier molecular flexibility index (Phi) is 5.71. The van der Waals surface area contributed by atoms with Gasteiger partial charge < -0.3 is 9.88 Å². The second-order valence-corrected chi connectivity index (χ2v) is 7.85. The van der Waals surface area contributed by atoms with Gasteiger partial charge in [0, 0.05) is 0 Å². The van der Waals surface area contributed by atoms with Crippen molar-refractivity contribution in [3.05, 3.63) is 58.7 Å². The summed E-state index contributed by atoms with van der Waals surface area (Å²) in [4.78, 5) is 12.5. The van der Waals surface area contributed by atoms with Gasteiger partial charge in [0.15, 0.2) is 5.16 Å². The van der Waals surface area contributed by atoms with Crippen molar-refractivity contribution in [3.8, 4) is 6.07 Å². The van der Waals surface area contributed by atoms with E-state index in [4.69, 9.17) is 5.26 Å². The highest BCUT2D eigenvalue weighted by Crippen LogP contribution is 2.27. The lowest BCUT2D eigenvalue weighted by Gasteiger charge is -2.13. The number of aryl methyl sites for hydroxylation is 1. The van der Waals surface area contributed by atoms with E-state index in [2.05, 4.69) is 21.6 Å². The Bertz CT molecular complexity index is 942. The number of nitriles is 1. The molecule has 8 heteroatoms. The molecule has 0 bridgehead atoms. The van der Waals surface area contributed by atoms with Crippen molar-refractivity contribution in [2.45, 2.75) is 30.8 Å². The fourth-order valence-corrected chi connectivity index (χ4v) is 3.95. The fourth-order valence-electron chi connectivity index (χ4n) is 2.32. The molecule has 0 radical (unpaired) electrons. The number of hydrogen-bond donors (Lipinski definition) is 1. The number of rotatable bonds is 6. The molecule has 0 aliphatic heterocycles. The number of hydrogen-bond acceptors (Lipinski definition) is 6. The van der Waals surface area contributed by atoms with Crippen LogP contribution < -0.4 is 5.32 Å². The number of benzene rings is 1. The average molecular weight is 384 g/mol. The lowest BCUT2D eigenvalue weighted by Crippen LogP contribution is -2.23. The fraction of sp³-hybridized carbons (Fsp3) is 0.222. The Labute approximate surface area is 159 Å². The summed E-state index contributed by atoms with van der Waals surface area (Å²) in [7, 11) is 0. The second kappa shape index (κ2) is 8.17. The van der Waals surface area contributed by atoms with Crippen molar-refractivity contribution < 1.29 is 4.79 Å². The van der Waals surface area contributed by atoms with Crippen molar-refractivity contribution in [1.29, 1.82) is 5.26 Å². The predicted molar refractivity (Wildman–Crippen MR) is 103 cm³/mol. The molecule has 2 aromatic heterocycles. The van der Waals surface area contributed by atoms with Crippen molar-refractivity contribution in [2.75, 3.05) is 5.32 Å². The summed E-state index contributed by atoms with van der Waals surface area (Å²) < 4.78 is 2.00. The average Bonchev–Trinajstić information content (AvgIpc) is 3.23. The van der Waals surface area contributed by atoms with Crippen LogP contribution in [0.5, 0.6) is 0 Å². The van der Waals surface area contributed by atoms with Gasteiger partial charge in [-0.05, 0) is 30.9 Å². The van der Waals surface area contributed by atoms with E-state index in [9.17, 15) is 4.79 Å². The number of carbonyl (C=O) groups excluding carboxylic acids is 1. The molecule has 1 N–H and O–H groups in total. The van der Waals surface area contributed by atoms with Crippen LogP contribution in [0.3, 0.4) is 0 Å². The minimum Gasteiger partial charge on any atom is -0.316 e. The van der Waals surface area contributed by atoms with E-state index in [-0.39, 0.29) is 11.2 Å². The van der Waals surface area contributed by atoms with E-state index in [1.807, 2.05) is 48.7 Å². The first-order valence-corrected chi connectivity index (χ1v) is 9.73. The molecule has 3 aromatic rings. The van der Waals surface area contributed by atoms with Gasteiger partial charge in [0.2, 0.25) is 5.91 Å². The molecular formula is C18H17N5OS2. The summed E-state index contributed by atoms with van der Waals surface area (Å²) in [5.74, 6) is 0.634. The SMILES string of the molecule is Cc1nnc(S[C@H](C)C(=O)Nc2sccc2C#N)n1Cc1ccccc1. The molecule has 3 rings (SSSR count). The maximum atomic E-state index is 12.5. The van der Waals surface area contributed by atoms with Gasteiger partial charge in [-0.1, -0.05) is 42.1 Å². The summed E-state index contributed by atoms with van der Waals surface area (Å²) in [6, 6.07) is 13.8. The van der Waals surface area contributed by atoms with Crippen molar-refractivity contribution in [2.24, 2.45) is 0 Å². The first kappa shape index (κ1) is 18.2. The van der Waals surface area contributed by atoms with Gasteiger partial charge in [-0.2, -0.15) is 5.26 Å². The van der Waals surface area contributed by atoms with Crippen LogP contribution in [0.4, 0.5) is 5.00 Å². The highest BCUT2D eigenvalue weighted by molar-refractivity contribution is 8.00.